The average Bonchev–Trinajstić information content (AvgIpc) is 3.30. The molecule has 0 amide bonds. The van der Waals surface area contributed by atoms with Crippen LogP contribution in [0.3, 0.4) is 0 Å². The van der Waals surface area contributed by atoms with Gasteiger partial charge >= 0.3 is 11.9 Å². The van der Waals surface area contributed by atoms with Crippen LogP contribution < -0.4 is 0 Å². The Morgan fingerprint density at radius 1 is 1.18 bits per heavy atom. The smallest absolute Gasteiger partial charge is 0.355 e. The number of aryl methyl sites for hydroxylation is 1. The van der Waals surface area contributed by atoms with Crippen molar-refractivity contribution in [3.8, 4) is 11.5 Å². The Morgan fingerprint density at radius 3 is 2.54 bits per heavy atom. The van der Waals surface area contributed by atoms with Gasteiger partial charge in [0.15, 0.2) is 6.61 Å². The molecule has 0 aliphatic carbocycles. The first-order valence-corrected chi connectivity index (χ1v) is 8.87. The lowest BCUT2D eigenvalue weighted by atomic mass is 10.1. The second-order valence-corrected chi connectivity index (χ2v) is 6.34. The first kappa shape index (κ1) is 19.6. The molecule has 0 aliphatic rings. The number of carbonyl (C=O) groups excluding carboxylic acids is 2. The fourth-order valence-electron chi connectivity index (χ4n) is 2.73. The number of ether oxygens (including phenoxy) is 2. The minimum absolute atomic E-state index is 0.145. The van der Waals surface area contributed by atoms with Crippen LogP contribution in [0.15, 0.2) is 28.7 Å². The molecule has 0 aliphatic heterocycles. The summed E-state index contributed by atoms with van der Waals surface area (Å²) in [7, 11) is 1.29. The minimum atomic E-state index is -0.631. The maximum Gasteiger partial charge on any atom is 0.355 e. The second kappa shape index (κ2) is 8.26. The fraction of sp³-hybridized carbons (Fsp3) is 0.263. The number of methoxy groups -OCH3 is 1. The molecule has 0 saturated carbocycles. The van der Waals surface area contributed by atoms with E-state index in [1.807, 2.05) is 6.92 Å². The van der Waals surface area contributed by atoms with Gasteiger partial charge in [-0.15, -0.1) is 10.2 Å². The highest BCUT2D eigenvalue weighted by Gasteiger charge is 2.25. The average molecular weight is 404 g/mol. The number of benzene rings is 1. The van der Waals surface area contributed by atoms with Crippen LogP contribution >= 0.6 is 11.6 Å². The molecule has 0 atom stereocenters. The number of esters is 2. The number of hydrogen-bond acceptors (Lipinski definition) is 7. The van der Waals surface area contributed by atoms with Crippen LogP contribution in [0.4, 0.5) is 0 Å². The van der Waals surface area contributed by atoms with Crippen molar-refractivity contribution in [1.82, 2.24) is 15.2 Å². The van der Waals surface area contributed by atoms with Gasteiger partial charge in [-0.25, -0.2) is 9.59 Å². The van der Waals surface area contributed by atoms with E-state index in [4.69, 9.17) is 25.5 Å². The lowest BCUT2D eigenvalue weighted by molar-refractivity contribution is 0.0431. The number of carbonyl (C=O) groups is 2. The molecular formula is C19H18ClN3O5. The van der Waals surface area contributed by atoms with Crippen LogP contribution in [-0.4, -0.2) is 34.2 Å². The van der Waals surface area contributed by atoms with Crippen molar-refractivity contribution >= 4 is 23.5 Å². The summed E-state index contributed by atoms with van der Waals surface area (Å²) in [4.78, 5) is 27.3. The van der Waals surface area contributed by atoms with Gasteiger partial charge in [0.25, 0.3) is 5.89 Å². The van der Waals surface area contributed by atoms with E-state index in [2.05, 4.69) is 15.2 Å². The monoisotopic (exact) mass is 403 g/mol. The lowest BCUT2D eigenvalue weighted by Gasteiger charge is -2.02. The van der Waals surface area contributed by atoms with Crippen molar-refractivity contribution in [2.45, 2.75) is 26.9 Å². The molecular weight excluding hydrogens is 386 g/mol. The molecule has 1 N–H and O–H groups in total. The summed E-state index contributed by atoms with van der Waals surface area (Å²) in [5.74, 6) is -0.700. The number of nitrogens with one attached hydrogen (secondary N) is 1. The molecule has 0 bridgehead atoms. The van der Waals surface area contributed by atoms with Crippen LogP contribution in [0.25, 0.3) is 11.5 Å². The number of nitrogens with zero attached hydrogens (tertiary/aromatic N) is 2. The van der Waals surface area contributed by atoms with E-state index < -0.39 is 11.9 Å². The number of halogens is 1. The predicted molar refractivity (Wildman–Crippen MR) is 100 cm³/mol. The van der Waals surface area contributed by atoms with E-state index >= 15 is 0 Å². The van der Waals surface area contributed by atoms with Gasteiger partial charge in [-0.2, -0.15) is 0 Å². The predicted octanol–water partition coefficient (Wildman–Crippen LogP) is 3.73. The van der Waals surface area contributed by atoms with Crippen molar-refractivity contribution in [3.63, 3.8) is 0 Å². The Hall–Kier alpha value is -3.13. The second-order valence-electron chi connectivity index (χ2n) is 5.91. The van der Waals surface area contributed by atoms with Crippen LogP contribution in [-0.2, 0) is 22.5 Å². The van der Waals surface area contributed by atoms with Crippen molar-refractivity contribution in [2.75, 3.05) is 7.11 Å². The summed E-state index contributed by atoms with van der Waals surface area (Å²) in [6.45, 7) is 3.32. The Morgan fingerprint density at radius 2 is 1.89 bits per heavy atom. The van der Waals surface area contributed by atoms with Gasteiger partial charge in [-0.3, -0.25) is 0 Å². The number of aromatic nitrogens is 3. The zero-order chi connectivity index (χ0) is 20.3. The van der Waals surface area contributed by atoms with Gasteiger partial charge in [-0.1, -0.05) is 18.5 Å². The van der Waals surface area contributed by atoms with Crippen LogP contribution in [0.5, 0.6) is 0 Å². The number of rotatable bonds is 6. The molecule has 0 unspecified atom stereocenters. The highest BCUT2D eigenvalue weighted by molar-refractivity contribution is 6.30. The first-order chi connectivity index (χ1) is 13.4. The van der Waals surface area contributed by atoms with Crippen molar-refractivity contribution in [3.05, 3.63) is 57.7 Å². The molecule has 9 heteroatoms. The Labute approximate surface area is 165 Å². The van der Waals surface area contributed by atoms with Crippen LogP contribution in [0, 0.1) is 6.92 Å². The summed E-state index contributed by atoms with van der Waals surface area (Å²) < 4.78 is 15.5. The first-order valence-electron chi connectivity index (χ1n) is 8.49. The van der Waals surface area contributed by atoms with Gasteiger partial charge in [0.1, 0.15) is 5.69 Å². The molecule has 1 aromatic carbocycles. The van der Waals surface area contributed by atoms with E-state index in [0.29, 0.717) is 39.7 Å². The largest absolute Gasteiger partial charge is 0.465 e. The fourth-order valence-corrected chi connectivity index (χ4v) is 2.85. The normalized spacial score (nSPS) is 10.7. The third kappa shape index (κ3) is 3.91. The maximum atomic E-state index is 12.4. The maximum absolute atomic E-state index is 12.4. The van der Waals surface area contributed by atoms with E-state index in [1.165, 1.54) is 7.11 Å². The van der Waals surface area contributed by atoms with Crippen molar-refractivity contribution < 1.29 is 23.5 Å². The highest BCUT2D eigenvalue weighted by Crippen LogP contribution is 2.22. The number of hydrogen-bond donors (Lipinski definition) is 1. The SMILES string of the molecule is CCc1[nH]c(C(=O)OCc2nnc(-c3ccc(Cl)cc3)o2)c(C)c1C(=O)OC. The zero-order valence-corrected chi connectivity index (χ0v) is 16.3. The summed E-state index contributed by atoms with van der Waals surface area (Å²) in [5, 5.41) is 8.40. The Kier molecular flexibility index (Phi) is 5.79. The molecule has 3 rings (SSSR count). The van der Waals surface area contributed by atoms with Gasteiger partial charge in [-0.05, 0) is 43.2 Å². The van der Waals surface area contributed by atoms with Gasteiger partial charge in [0.2, 0.25) is 5.89 Å². The lowest BCUT2D eigenvalue weighted by Crippen LogP contribution is -2.08. The molecule has 146 valence electrons. The Balaban J connectivity index is 1.72. The summed E-state index contributed by atoms with van der Waals surface area (Å²) in [6.07, 6.45) is 0.534. The zero-order valence-electron chi connectivity index (χ0n) is 15.5. The standard InChI is InChI=1S/C19H18ClN3O5/c1-4-13-15(18(24)26-3)10(2)16(21-13)19(25)27-9-14-22-23-17(28-14)11-5-7-12(20)8-6-11/h5-8,21H,4,9H2,1-3H3. The summed E-state index contributed by atoms with van der Waals surface area (Å²) in [5.41, 5.74) is 2.32. The third-order valence-corrected chi connectivity index (χ3v) is 4.41. The van der Waals surface area contributed by atoms with Gasteiger partial charge in [0.05, 0.1) is 12.7 Å². The van der Waals surface area contributed by atoms with Crippen LogP contribution in [0.1, 0.15) is 44.9 Å². The highest BCUT2D eigenvalue weighted by atomic mass is 35.5. The molecule has 0 radical (unpaired) electrons. The number of H-pyrrole nitrogens is 1. The van der Waals surface area contributed by atoms with E-state index in [-0.39, 0.29) is 18.2 Å². The van der Waals surface area contributed by atoms with E-state index in [9.17, 15) is 9.59 Å². The molecule has 3 aromatic rings. The quantitative estimate of drug-likeness (QED) is 0.624. The molecule has 0 spiro atoms. The molecule has 8 nitrogen and oxygen atoms in total. The Bertz CT molecular complexity index is 1010. The molecule has 28 heavy (non-hydrogen) atoms. The molecule has 0 saturated heterocycles. The topological polar surface area (TPSA) is 107 Å². The molecule has 0 fully saturated rings. The minimum Gasteiger partial charge on any atom is -0.465 e. The number of aromatic amines is 1. The van der Waals surface area contributed by atoms with E-state index in [1.54, 1.807) is 31.2 Å². The van der Waals surface area contributed by atoms with E-state index in [0.717, 1.165) is 0 Å². The van der Waals surface area contributed by atoms with Gasteiger partial charge < -0.3 is 18.9 Å². The third-order valence-electron chi connectivity index (χ3n) is 4.16. The molecule has 2 aromatic heterocycles. The van der Waals surface area contributed by atoms with Gasteiger partial charge in [0, 0.05) is 16.3 Å². The summed E-state index contributed by atoms with van der Waals surface area (Å²) in [6, 6.07) is 6.90. The van der Waals surface area contributed by atoms with Crippen molar-refractivity contribution in [2.24, 2.45) is 0 Å². The van der Waals surface area contributed by atoms with Crippen LogP contribution in [0.2, 0.25) is 5.02 Å². The molecule has 2 heterocycles. The summed E-state index contributed by atoms with van der Waals surface area (Å²) >= 11 is 5.86. The van der Waals surface area contributed by atoms with Crippen molar-refractivity contribution in [1.29, 1.82) is 0 Å².